The van der Waals surface area contributed by atoms with E-state index < -0.39 is 29.4 Å². The molecule has 2 aromatic rings. The fraction of sp³-hybridized carbons (Fsp3) is 0.375. The number of carbonyl (C=O) groups is 3. The molecule has 2 aromatic carbocycles. The van der Waals surface area contributed by atoms with E-state index in [0.29, 0.717) is 35.8 Å². The topological polar surface area (TPSA) is 97.0 Å². The number of para-hydroxylation sites is 2. The second-order valence-electron chi connectivity index (χ2n) is 7.64. The number of methoxy groups -OCH3 is 1. The number of aryl methyl sites for hydroxylation is 1. The molecule has 2 atom stereocenters. The fourth-order valence-electron chi connectivity index (χ4n) is 3.93. The van der Waals surface area contributed by atoms with Gasteiger partial charge in [-0.1, -0.05) is 25.1 Å². The van der Waals surface area contributed by atoms with E-state index in [-0.39, 0.29) is 0 Å². The van der Waals surface area contributed by atoms with Gasteiger partial charge in [0.05, 0.1) is 19.4 Å². The molecule has 8 nitrogen and oxygen atoms in total. The van der Waals surface area contributed by atoms with Crippen molar-refractivity contribution in [2.24, 2.45) is 0 Å². The smallest absolute Gasteiger partial charge is 0.326 e. The maximum atomic E-state index is 13.5. The SMILES string of the molecule is CCOc1ccccc1NC(=O)C(C)N1C(=O)NC(CC)(c2ccc(OC)c(C)c2)C1=O. The zero-order chi connectivity index (χ0) is 23.5. The molecule has 1 fully saturated rings. The van der Waals surface area contributed by atoms with Crippen molar-refractivity contribution >= 4 is 23.5 Å². The highest BCUT2D eigenvalue weighted by molar-refractivity contribution is 6.11. The highest BCUT2D eigenvalue weighted by atomic mass is 16.5. The van der Waals surface area contributed by atoms with Crippen LogP contribution >= 0.6 is 0 Å². The second-order valence-corrected chi connectivity index (χ2v) is 7.64. The number of hydrogen-bond acceptors (Lipinski definition) is 5. The normalized spacial score (nSPS) is 18.8. The summed E-state index contributed by atoms with van der Waals surface area (Å²) in [5, 5.41) is 5.59. The highest BCUT2D eigenvalue weighted by Gasteiger charge is 2.53. The summed E-state index contributed by atoms with van der Waals surface area (Å²) in [4.78, 5) is 40.3. The molecule has 1 aliphatic heterocycles. The standard InChI is InChI=1S/C24H29N3O5/c1-6-24(17-12-13-19(31-5)15(3)14-17)22(29)27(23(30)26-24)16(4)21(28)25-18-10-8-9-11-20(18)32-7-2/h8-14,16H,6-7H2,1-5H3,(H,25,28)(H,26,30). The average Bonchev–Trinajstić information content (AvgIpc) is 3.05. The van der Waals surface area contributed by atoms with Crippen LogP contribution in [0.2, 0.25) is 0 Å². The molecule has 1 aliphatic rings. The highest BCUT2D eigenvalue weighted by Crippen LogP contribution is 2.36. The van der Waals surface area contributed by atoms with Crippen LogP contribution in [0.4, 0.5) is 10.5 Å². The maximum Gasteiger partial charge on any atom is 0.326 e. The van der Waals surface area contributed by atoms with Gasteiger partial charge in [-0.3, -0.25) is 9.59 Å². The van der Waals surface area contributed by atoms with Gasteiger partial charge in [-0.25, -0.2) is 9.69 Å². The molecular formula is C24H29N3O5. The lowest BCUT2D eigenvalue weighted by atomic mass is 9.86. The van der Waals surface area contributed by atoms with Crippen molar-refractivity contribution in [2.45, 2.75) is 45.7 Å². The van der Waals surface area contributed by atoms with Crippen LogP contribution in [-0.2, 0) is 15.1 Å². The third-order valence-electron chi connectivity index (χ3n) is 5.75. The van der Waals surface area contributed by atoms with Crippen molar-refractivity contribution in [3.8, 4) is 11.5 Å². The number of hydrogen-bond donors (Lipinski definition) is 2. The van der Waals surface area contributed by atoms with Crippen LogP contribution in [0.1, 0.15) is 38.3 Å². The number of urea groups is 1. The molecule has 0 radical (unpaired) electrons. The minimum absolute atomic E-state index is 0.335. The zero-order valence-corrected chi connectivity index (χ0v) is 19.0. The number of ether oxygens (including phenoxy) is 2. The van der Waals surface area contributed by atoms with Crippen LogP contribution in [0, 0.1) is 6.92 Å². The molecule has 2 N–H and O–H groups in total. The minimum atomic E-state index is -1.24. The molecule has 0 aliphatic carbocycles. The molecule has 2 unspecified atom stereocenters. The molecule has 170 valence electrons. The summed E-state index contributed by atoms with van der Waals surface area (Å²) in [5.74, 6) is 0.257. The van der Waals surface area contributed by atoms with Crippen LogP contribution < -0.4 is 20.1 Å². The third kappa shape index (κ3) is 4.00. The van der Waals surface area contributed by atoms with Crippen molar-refractivity contribution in [3.63, 3.8) is 0 Å². The van der Waals surface area contributed by atoms with Crippen LogP contribution in [-0.4, -0.2) is 42.5 Å². The summed E-state index contributed by atoms with van der Waals surface area (Å²) in [7, 11) is 1.58. The molecule has 0 spiro atoms. The predicted molar refractivity (Wildman–Crippen MR) is 121 cm³/mol. The van der Waals surface area contributed by atoms with Crippen LogP contribution in [0.3, 0.4) is 0 Å². The number of anilines is 1. The van der Waals surface area contributed by atoms with Crippen LogP contribution in [0.25, 0.3) is 0 Å². The lowest BCUT2D eigenvalue weighted by Crippen LogP contribution is -2.48. The van der Waals surface area contributed by atoms with E-state index in [1.807, 2.05) is 26.8 Å². The van der Waals surface area contributed by atoms with E-state index in [9.17, 15) is 14.4 Å². The molecule has 4 amide bonds. The third-order valence-corrected chi connectivity index (χ3v) is 5.75. The summed E-state index contributed by atoms with van der Waals surface area (Å²) in [6.45, 7) is 7.51. The Kier molecular flexibility index (Phi) is 6.72. The summed E-state index contributed by atoms with van der Waals surface area (Å²) >= 11 is 0. The Labute approximate surface area is 187 Å². The number of imide groups is 1. The average molecular weight is 440 g/mol. The van der Waals surface area contributed by atoms with Gasteiger partial charge in [0.25, 0.3) is 5.91 Å². The van der Waals surface area contributed by atoms with E-state index in [0.717, 1.165) is 10.5 Å². The van der Waals surface area contributed by atoms with Gasteiger partial charge in [0.15, 0.2) is 0 Å². The summed E-state index contributed by atoms with van der Waals surface area (Å²) in [6, 6.07) is 10.7. The Morgan fingerprint density at radius 1 is 1.16 bits per heavy atom. The number of amides is 4. The van der Waals surface area contributed by atoms with Crippen molar-refractivity contribution < 1.29 is 23.9 Å². The maximum absolute atomic E-state index is 13.5. The number of rotatable bonds is 8. The molecular weight excluding hydrogens is 410 g/mol. The van der Waals surface area contributed by atoms with Gasteiger partial charge in [-0.15, -0.1) is 0 Å². The van der Waals surface area contributed by atoms with Crippen molar-refractivity contribution in [3.05, 3.63) is 53.6 Å². The molecule has 32 heavy (non-hydrogen) atoms. The Balaban J connectivity index is 1.87. The Morgan fingerprint density at radius 3 is 2.50 bits per heavy atom. The van der Waals surface area contributed by atoms with E-state index in [1.54, 1.807) is 43.5 Å². The van der Waals surface area contributed by atoms with E-state index >= 15 is 0 Å². The van der Waals surface area contributed by atoms with Crippen molar-refractivity contribution in [1.29, 1.82) is 0 Å². The van der Waals surface area contributed by atoms with Gasteiger partial charge < -0.3 is 20.1 Å². The second kappa shape index (κ2) is 9.30. The summed E-state index contributed by atoms with van der Waals surface area (Å²) < 4.78 is 10.8. The molecule has 0 saturated carbocycles. The Bertz CT molecular complexity index is 1040. The lowest BCUT2D eigenvalue weighted by molar-refractivity contribution is -0.136. The van der Waals surface area contributed by atoms with Gasteiger partial charge in [0.1, 0.15) is 23.1 Å². The van der Waals surface area contributed by atoms with Gasteiger partial charge in [0, 0.05) is 0 Å². The number of nitrogens with one attached hydrogen (secondary N) is 2. The van der Waals surface area contributed by atoms with Gasteiger partial charge in [-0.2, -0.15) is 0 Å². The Hall–Kier alpha value is -3.55. The summed E-state index contributed by atoms with van der Waals surface area (Å²) in [6.07, 6.45) is 0.335. The Morgan fingerprint density at radius 2 is 1.88 bits per heavy atom. The van der Waals surface area contributed by atoms with E-state index in [2.05, 4.69) is 10.6 Å². The molecule has 8 heteroatoms. The predicted octanol–water partition coefficient (Wildman–Crippen LogP) is 3.59. The zero-order valence-electron chi connectivity index (χ0n) is 19.0. The first-order valence-electron chi connectivity index (χ1n) is 10.6. The number of carbonyl (C=O) groups excluding carboxylic acids is 3. The van der Waals surface area contributed by atoms with E-state index in [4.69, 9.17) is 9.47 Å². The molecule has 3 rings (SSSR count). The molecule has 1 saturated heterocycles. The first-order valence-corrected chi connectivity index (χ1v) is 10.6. The first kappa shape index (κ1) is 23.1. The minimum Gasteiger partial charge on any atom is -0.496 e. The largest absolute Gasteiger partial charge is 0.496 e. The van der Waals surface area contributed by atoms with Crippen LogP contribution in [0.5, 0.6) is 11.5 Å². The van der Waals surface area contributed by atoms with Crippen molar-refractivity contribution in [1.82, 2.24) is 10.2 Å². The van der Waals surface area contributed by atoms with E-state index in [1.165, 1.54) is 6.92 Å². The number of benzene rings is 2. The van der Waals surface area contributed by atoms with Gasteiger partial charge in [0.2, 0.25) is 5.91 Å². The first-order chi connectivity index (χ1) is 15.3. The fourth-order valence-corrected chi connectivity index (χ4v) is 3.93. The molecule has 0 bridgehead atoms. The van der Waals surface area contributed by atoms with Gasteiger partial charge >= 0.3 is 6.03 Å². The molecule has 0 aromatic heterocycles. The quantitative estimate of drug-likeness (QED) is 0.613. The number of nitrogens with zero attached hydrogens (tertiary/aromatic N) is 1. The summed E-state index contributed by atoms with van der Waals surface area (Å²) in [5.41, 5.74) is 0.724. The monoisotopic (exact) mass is 439 g/mol. The lowest BCUT2D eigenvalue weighted by Gasteiger charge is -2.27. The van der Waals surface area contributed by atoms with Gasteiger partial charge in [-0.05, 0) is 62.6 Å². The molecule has 1 heterocycles. The van der Waals surface area contributed by atoms with Crippen LogP contribution in [0.15, 0.2) is 42.5 Å². The van der Waals surface area contributed by atoms with Crippen molar-refractivity contribution in [2.75, 3.05) is 19.0 Å².